The molecule has 0 bridgehead atoms. The van der Waals surface area contributed by atoms with Crippen molar-refractivity contribution in [2.45, 2.75) is 0 Å². The molecule has 27 heavy (non-hydrogen) atoms. The second kappa shape index (κ2) is 6.87. The minimum atomic E-state index is 0.221. The Labute approximate surface area is 156 Å². The highest BCUT2D eigenvalue weighted by Gasteiger charge is 2.10. The maximum atomic E-state index is 5.58. The number of nitrogens with zero attached hydrogens (tertiary/aromatic N) is 5. The van der Waals surface area contributed by atoms with Gasteiger partial charge >= 0.3 is 0 Å². The monoisotopic (exact) mass is 357 g/mol. The zero-order valence-electron chi connectivity index (χ0n) is 15.1. The van der Waals surface area contributed by atoms with E-state index in [1.807, 2.05) is 50.5 Å². The molecule has 0 atom stereocenters. The Morgan fingerprint density at radius 3 is 2.30 bits per heavy atom. The van der Waals surface area contributed by atoms with Crippen LogP contribution < -0.4 is 16.0 Å². The van der Waals surface area contributed by atoms with E-state index in [2.05, 4.69) is 37.3 Å². The van der Waals surface area contributed by atoms with Gasteiger partial charge < -0.3 is 16.0 Å². The van der Waals surface area contributed by atoms with Gasteiger partial charge in [0.25, 0.3) is 0 Å². The lowest BCUT2D eigenvalue weighted by atomic mass is 10.2. The molecule has 0 aliphatic heterocycles. The summed E-state index contributed by atoms with van der Waals surface area (Å²) < 4.78 is 0. The quantitative estimate of drug-likeness (QED) is 0.577. The number of fused-ring (bicyclic) bond motifs is 1. The molecule has 7 heteroatoms. The first-order chi connectivity index (χ1) is 13.1. The average molecular weight is 357 g/mol. The molecule has 7 nitrogen and oxygen atoms in total. The van der Waals surface area contributed by atoms with Gasteiger partial charge in [-0.2, -0.15) is 0 Å². The molecule has 2 aromatic heterocycles. The Hall–Kier alpha value is -3.74. The summed E-state index contributed by atoms with van der Waals surface area (Å²) >= 11 is 0. The molecule has 0 fully saturated rings. The Balaban J connectivity index is 1.77. The largest absolute Gasteiger partial charge is 0.378 e. The molecule has 3 N–H and O–H groups in total. The smallest absolute Gasteiger partial charge is 0.219 e. The van der Waals surface area contributed by atoms with Gasteiger partial charge in [-0.3, -0.25) is 0 Å². The van der Waals surface area contributed by atoms with E-state index >= 15 is 0 Å². The van der Waals surface area contributed by atoms with Crippen molar-refractivity contribution >= 4 is 34.0 Å². The first kappa shape index (κ1) is 16.7. The van der Waals surface area contributed by atoms with Gasteiger partial charge in [-0.15, -0.1) is 0 Å². The van der Waals surface area contributed by atoms with Crippen molar-refractivity contribution in [3.63, 3.8) is 0 Å². The molecule has 0 aliphatic rings. The normalized spacial score (nSPS) is 10.7. The van der Waals surface area contributed by atoms with Gasteiger partial charge in [0.2, 0.25) is 5.95 Å². The highest BCUT2D eigenvalue weighted by molar-refractivity contribution is 5.92. The van der Waals surface area contributed by atoms with Crippen LogP contribution in [0.5, 0.6) is 0 Å². The lowest BCUT2D eigenvalue weighted by Crippen LogP contribution is -2.08. The second-order valence-corrected chi connectivity index (χ2v) is 6.31. The Morgan fingerprint density at radius 2 is 1.59 bits per heavy atom. The van der Waals surface area contributed by atoms with E-state index in [0.29, 0.717) is 11.4 Å². The number of rotatable bonds is 4. The number of aromatic nitrogens is 4. The number of nitrogen functional groups attached to an aromatic ring is 1. The van der Waals surface area contributed by atoms with Crippen LogP contribution >= 0.6 is 0 Å². The zero-order chi connectivity index (χ0) is 18.8. The van der Waals surface area contributed by atoms with Crippen molar-refractivity contribution in [3.8, 4) is 11.4 Å². The van der Waals surface area contributed by atoms with Gasteiger partial charge in [-0.25, -0.2) is 19.9 Å². The standard InChI is InChI=1S/C20H19N7/c1-27(2)15-9-7-14(8-10-15)24-19-16-5-3-4-6-17(16)25-18(26-19)13-11-22-20(21)23-12-13/h3-12H,1-2H3,(H2,21,22,23)(H,24,25,26). The minimum Gasteiger partial charge on any atom is -0.378 e. The highest BCUT2D eigenvalue weighted by Crippen LogP contribution is 2.27. The van der Waals surface area contributed by atoms with E-state index in [0.717, 1.165) is 28.1 Å². The summed E-state index contributed by atoms with van der Waals surface area (Å²) in [6.07, 6.45) is 3.25. The predicted molar refractivity (Wildman–Crippen MR) is 109 cm³/mol. The molecule has 0 saturated carbocycles. The zero-order valence-corrected chi connectivity index (χ0v) is 15.1. The van der Waals surface area contributed by atoms with Gasteiger partial charge in [0.05, 0.1) is 11.1 Å². The van der Waals surface area contributed by atoms with Crippen LogP contribution in [0.15, 0.2) is 60.9 Å². The Kier molecular flexibility index (Phi) is 4.25. The van der Waals surface area contributed by atoms with E-state index < -0.39 is 0 Å². The molecule has 2 aromatic carbocycles. The molecular formula is C20H19N7. The molecule has 2 heterocycles. The van der Waals surface area contributed by atoms with Crippen LogP contribution in [0.3, 0.4) is 0 Å². The summed E-state index contributed by atoms with van der Waals surface area (Å²) in [7, 11) is 4.03. The molecule has 134 valence electrons. The van der Waals surface area contributed by atoms with E-state index in [1.165, 1.54) is 0 Å². The fourth-order valence-electron chi connectivity index (χ4n) is 2.73. The Bertz CT molecular complexity index is 1070. The minimum absolute atomic E-state index is 0.221. The predicted octanol–water partition coefficient (Wildman–Crippen LogP) is 3.48. The molecule has 0 spiro atoms. The van der Waals surface area contributed by atoms with E-state index in [1.54, 1.807) is 12.4 Å². The molecule has 0 unspecified atom stereocenters. The number of anilines is 4. The number of nitrogens with one attached hydrogen (secondary N) is 1. The number of hydrogen-bond donors (Lipinski definition) is 2. The van der Waals surface area contributed by atoms with Crippen LogP contribution in [-0.4, -0.2) is 34.0 Å². The van der Waals surface area contributed by atoms with Crippen LogP contribution in [0.4, 0.5) is 23.1 Å². The van der Waals surface area contributed by atoms with E-state index in [9.17, 15) is 0 Å². The lowest BCUT2D eigenvalue weighted by molar-refractivity contribution is 1.13. The first-order valence-electron chi connectivity index (χ1n) is 8.49. The molecular weight excluding hydrogens is 338 g/mol. The fourth-order valence-corrected chi connectivity index (χ4v) is 2.73. The molecule has 0 aliphatic carbocycles. The number of hydrogen-bond acceptors (Lipinski definition) is 7. The summed E-state index contributed by atoms with van der Waals surface area (Å²) in [6, 6.07) is 16.0. The summed E-state index contributed by atoms with van der Waals surface area (Å²) in [5.74, 6) is 1.49. The highest BCUT2D eigenvalue weighted by atomic mass is 15.1. The number of nitrogens with two attached hydrogens (primary N) is 1. The molecule has 4 rings (SSSR count). The van der Waals surface area contributed by atoms with Crippen LogP contribution in [0.1, 0.15) is 0 Å². The summed E-state index contributed by atoms with van der Waals surface area (Å²) in [4.78, 5) is 19.5. The van der Waals surface area contributed by atoms with Crippen LogP contribution in [-0.2, 0) is 0 Å². The first-order valence-corrected chi connectivity index (χ1v) is 8.49. The SMILES string of the molecule is CN(C)c1ccc(Nc2nc(-c3cnc(N)nc3)nc3ccccc23)cc1. The van der Waals surface area contributed by atoms with Gasteiger partial charge in [0.1, 0.15) is 5.82 Å². The van der Waals surface area contributed by atoms with Crippen molar-refractivity contribution in [2.24, 2.45) is 0 Å². The van der Waals surface area contributed by atoms with Crippen molar-refractivity contribution in [1.29, 1.82) is 0 Å². The third kappa shape index (κ3) is 3.48. The van der Waals surface area contributed by atoms with Gasteiger partial charge in [0, 0.05) is 43.3 Å². The number of para-hydroxylation sites is 1. The van der Waals surface area contributed by atoms with Crippen molar-refractivity contribution < 1.29 is 0 Å². The van der Waals surface area contributed by atoms with Gasteiger partial charge in [-0.1, -0.05) is 12.1 Å². The van der Waals surface area contributed by atoms with Crippen molar-refractivity contribution in [1.82, 2.24) is 19.9 Å². The maximum absolute atomic E-state index is 5.58. The topological polar surface area (TPSA) is 92.8 Å². The average Bonchev–Trinajstić information content (AvgIpc) is 2.69. The van der Waals surface area contributed by atoms with E-state index in [-0.39, 0.29) is 5.95 Å². The van der Waals surface area contributed by atoms with Crippen molar-refractivity contribution in [3.05, 3.63) is 60.9 Å². The maximum Gasteiger partial charge on any atom is 0.219 e. The van der Waals surface area contributed by atoms with Crippen molar-refractivity contribution in [2.75, 3.05) is 30.0 Å². The van der Waals surface area contributed by atoms with Gasteiger partial charge in [-0.05, 0) is 36.4 Å². The number of benzene rings is 2. The lowest BCUT2D eigenvalue weighted by Gasteiger charge is -2.14. The third-order valence-corrected chi connectivity index (χ3v) is 4.18. The van der Waals surface area contributed by atoms with Crippen LogP contribution in [0.2, 0.25) is 0 Å². The summed E-state index contributed by atoms with van der Waals surface area (Å²) in [6.45, 7) is 0. The van der Waals surface area contributed by atoms with Crippen LogP contribution in [0, 0.1) is 0 Å². The molecule has 0 amide bonds. The van der Waals surface area contributed by atoms with E-state index in [4.69, 9.17) is 10.7 Å². The fraction of sp³-hybridized carbons (Fsp3) is 0.100. The Morgan fingerprint density at radius 1 is 0.889 bits per heavy atom. The second-order valence-electron chi connectivity index (χ2n) is 6.31. The van der Waals surface area contributed by atoms with Crippen LogP contribution in [0.25, 0.3) is 22.3 Å². The van der Waals surface area contributed by atoms with Gasteiger partial charge in [0.15, 0.2) is 5.82 Å². The third-order valence-electron chi connectivity index (χ3n) is 4.18. The molecule has 0 radical (unpaired) electrons. The molecule has 0 saturated heterocycles. The summed E-state index contributed by atoms with van der Waals surface area (Å²) in [5.41, 5.74) is 9.21. The molecule has 4 aromatic rings. The summed E-state index contributed by atoms with van der Waals surface area (Å²) in [5, 5.41) is 4.34.